The summed E-state index contributed by atoms with van der Waals surface area (Å²) < 4.78 is 28.3. The minimum absolute atomic E-state index is 0.0974. The number of rotatable bonds is 7. The molecule has 0 radical (unpaired) electrons. The topological polar surface area (TPSA) is 95.6 Å². The van der Waals surface area contributed by atoms with Crippen LogP contribution in [-0.2, 0) is 26.0 Å². The molecule has 32 heavy (non-hydrogen) atoms. The maximum absolute atomic E-state index is 12.8. The summed E-state index contributed by atoms with van der Waals surface area (Å²) in [5.74, 6) is 0.217. The molecule has 2 aromatic carbocycles. The van der Waals surface area contributed by atoms with Crippen LogP contribution in [0.4, 0.5) is 17.1 Å². The Hall–Kier alpha value is -2.87. The van der Waals surface area contributed by atoms with Crippen LogP contribution in [0.5, 0.6) is 0 Å². The quantitative estimate of drug-likeness (QED) is 0.650. The number of amides is 2. The Morgan fingerprint density at radius 2 is 1.72 bits per heavy atom. The maximum atomic E-state index is 12.8. The van der Waals surface area contributed by atoms with Crippen LogP contribution in [0.1, 0.15) is 51.0 Å². The zero-order valence-corrected chi connectivity index (χ0v) is 19.1. The Kier molecular flexibility index (Phi) is 6.50. The smallest absolute Gasteiger partial charge is 0.261 e. The highest BCUT2D eigenvalue weighted by molar-refractivity contribution is 7.92. The van der Waals surface area contributed by atoms with Crippen molar-refractivity contribution >= 4 is 38.9 Å². The van der Waals surface area contributed by atoms with E-state index in [0.717, 1.165) is 49.8 Å². The third kappa shape index (κ3) is 4.80. The first-order chi connectivity index (χ1) is 15.4. The van der Waals surface area contributed by atoms with Crippen molar-refractivity contribution < 1.29 is 18.0 Å². The summed E-state index contributed by atoms with van der Waals surface area (Å²) in [6, 6.07) is 11.5. The Labute approximate surface area is 189 Å². The molecule has 2 aromatic rings. The normalized spacial score (nSPS) is 16.1. The number of carbonyl (C=O) groups excluding carboxylic acids is 2. The highest BCUT2D eigenvalue weighted by Crippen LogP contribution is 2.35. The van der Waals surface area contributed by atoms with Gasteiger partial charge in [0.2, 0.25) is 11.8 Å². The second-order valence-electron chi connectivity index (χ2n) is 8.49. The molecule has 0 unspecified atom stereocenters. The number of carbonyl (C=O) groups is 2. The van der Waals surface area contributed by atoms with E-state index in [4.69, 9.17) is 0 Å². The van der Waals surface area contributed by atoms with Gasteiger partial charge in [-0.2, -0.15) is 0 Å². The van der Waals surface area contributed by atoms with Crippen LogP contribution >= 0.6 is 0 Å². The fourth-order valence-corrected chi connectivity index (χ4v) is 5.52. The number of fused-ring (bicyclic) bond motifs is 1. The summed E-state index contributed by atoms with van der Waals surface area (Å²) in [7, 11) is -3.77. The largest absolute Gasteiger partial charge is 0.326 e. The molecule has 7 nitrogen and oxygen atoms in total. The Bertz CT molecular complexity index is 1110. The SMILES string of the molecule is CCCC(=O)Nc1ccc(S(=O)(=O)Nc2ccc3c(c2)CCN3C(=O)C2CCCC2)cc1. The average Bonchev–Trinajstić information content (AvgIpc) is 3.43. The van der Waals surface area contributed by atoms with Crippen molar-refractivity contribution in [2.24, 2.45) is 5.92 Å². The van der Waals surface area contributed by atoms with Crippen molar-refractivity contribution in [2.45, 2.75) is 56.8 Å². The van der Waals surface area contributed by atoms with E-state index < -0.39 is 10.0 Å². The molecule has 0 spiro atoms. The molecular formula is C24H29N3O4S. The average molecular weight is 456 g/mol. The Morgan fingerprint density at radius 1 is 1.03 bits per heavy atom. The van der Waals surface area contributed by atoms with E-state index in [-0.39, 0.29) is 22.6 Å². The summed E-state index contributed by atoms with van der Waals surface area (Å²) in [5, 5.41) is 2.75. The van der Waals surface area contributed by atoms with Gasteiger partial charge in [0, 0.05) is 35.9 Å². The highest BCUT2D eigenvalue weighted by atomic mass is 32.2. The molecule has 4 rings (SSSR count). The van der Waals surface area contributed by atoms with Gasteiger partial charge in [0.05, 0.1) is 4.90 Å². The van der Waals surface area contributed by atoms with Crippen molar-refractivity contribution in [2.75, 3.05) is 21.5 Å². The number of nitrogens with zero attached hydrogens (tertiary/aromatic N) is 1. The zero-order chi connectivity index (χ0) is 22.7. The lowest BCUT2D eigenvalue weighted by molar-refractivity contribution is -0.122. The monoisotopic (exact) mass is 455 g/mol. The second kappa shape index (κ2) is 9.32. The third-order valence-corrected chi connectivity index (χ3v) is 7.52. The van der Waals surface area contributed by atoms with Gasteiger partial charge < -0.3 is 10.2 Å². The van der Waals surface area contributed by atoms with Gasteiger partial charge in [0.25, 0.3) is 10.0 Å². The fourth-order valence-electron chi connectivity index (χ4n) is 4.47. The minimum atomic E-state index is -3.77. The number of sulfonamides is 1. The zero-order valence-electron chi connectivity index (χ0n) is 18.3. The van der Waals surface area contributed by atoms with Gasteiger partial charge in [-0.25, -0.2) is 8.42 Å². The van der Waals surface area contributed by atoms with E-state index in [1.807, 2.05) is 24.0 Å². The molecule has 0 saturated heterocycles. The van der Waals surface area contributed by atoms with Gasteiger partial charge in [-0.05, 0) is 73.7 Å². The van der Waals surface area contributed by atoms with E-state index >= 15 is 0 Å². The van der Waals surface area contributed by atoms with Gasteiger partial charge in [0.15, 0.2) is 0 Å². The summed E-state index contributed by atoms with van der Waals surface area (Å²) in [6.07, 6.45) is 6.04. The first-order valence-electron chi connectivity index (χ1n) is 11.2. The van der Waals surface area contributed by atoms with Gasteiger partial charge in [-0.3, -0.25) is 14.3 Å². The molecular weight excluding hydrogens is 426 g/mol. The molecule has 0 bridgehead atoms. The Balaban J connectivity index is 1.45. The second-order valence-corrected chi connectivity index (χ2v) is 10.2. The third-order valence-electron chi connectivity index (χ3n) is 6.12. The molecule has 1 fully saturated rings. The predicted octanol–water partition coefficient (Wildman–Crippen LogP) is 4.31. The molecule has 1 saturated carbocycles. The molecule has 0 aromatic heterocycles. The van der Waals surface area contributed by atoms with Crippen LogP contribution in [0, 0.1) is 5.92 Å². The van der Waals surface area contributed by atoms with Crippen molar-refractivity contribution in [1.29, 1.82) is 0 Å². The molecule has 0 atom stereocenters. The van der Waals surface area contributed by atoms with Crippen molar-refractivity contribution in [3.63, 3.8) is 0 Å². The molecule has 2 N–H and O–H groups in total. The maximum Gasteiger partial charge on any atom is 0.261 e. The number of anilines is 3. The molecule has 1 heterocycles. The number of benzene rings is 2. The lowest BCUT2D eigenvalue weighted by Gasteiger charge is -2.21. The van der Waals surface area contributed by atoms with E-state index in [2.05, 4.69) is 10.0 Å². The summed E-state index contributed by atoms with van der Waals surface area (Å²) >= 11 is 0. The number of hydrogen-bond donors (Lipinski definition) is 2. The lowest BCUT2D eigenvalue weighted by atomic mass is 10.1. The molecule has 2 amide bonds. The number of nitrogens with one attached hydrogen (secondary N) is 2. The van der Waals surface area contributed by atoms with Crippen LogP contribution in [0.25, 0.3) is 0 Å². The van der Waals surface area contributed by atoms with E-state index in [0.29, 0.717) is 24.3 Å². The summed E-state index contributed by atoms with van der Waals surface area (Å²) in [6.45, 7) is 2.57. The lowest BCUT2D eigenvalue weighted by Crippen LogP contribution is -2.33. The van der Waals surface area contributed by atoms with Crippen LogP contribution in [0.3, 0.4) is 0 Å². The van der Waals surface area contributed by atoms with Crippen LogP contribution in [-0.4, -0.2) is 26.8 Å². The fraction of sp³-hybridized carbons (Fsp3) is 0.417. The molecule has 1 aliphatic heterocycles. The first kappa shape index (κ1) is 22.3. The van der Waals surface area contributed by atoms with Gasteiger partial charge >= 0.3 is 0 Å². The summed E-state index contributed by atoms with van der Waals surface area (Å²) in [4.78, 5) is 26.5. The molecule has 170 valence electrons. The van der Waals surface area contributed by atoms with Crippen LogP contribution in [0.2, 0.25) is 0 Å². The molecule has 8 heteroatoms. The van der Waals surface area contributed by atoms with Gasteiger partial charge in [-0.15, -0.1) is 0 Å². The standard InChI is InChI=1S/C24H29N3O4S/c1-2-5-23(28)25-19-8-11-21(12-9-19)32(30,31)26-20-10-13-22-18(16-20)14-15-27(22)24(29)17-6-3-4-7-17/h8-13,16-17,26H,2-7,14-15H2,1H3,(H,25,28). The van der Waals surface area contributed by atoms with Crippen molar-refractivity contribution in [3.05, 3.63) is 48.0 Å². The Morgan fingerprint density at radius 3 is 2.41 bits per heavy atom. The van der Waals surface area contributed by atoms with Crippen LogP contribution in [0.15, 0.2) is 47.4 Å². The predicted molar refractivity (Wildman–Crippen MR) is 125 cm³/mol. The van der Waals surface area contributed by atoms with Gasteiger partial charge in [0.1, 0.15) is 0 Å². The highest BCUT2D eigenvalue weighted by Gasteiger charge is 2.32. The minimum Gasteiger partial charge on any atom is -0.326 e. The van der Waals surface area contributed by atoms with E-state index in [1.165, 1.54) is 12.1 Å². The first-order valence-corrected chi connectivity index (χ1v) is 12.7. The van der Waals surface area contributed by atoms with Gasteiger partial charge in [-0.1, -0.05) is 19.8 Å². The van der Waals surface area contributed by atoms with E-state index in [1.54, 1.807) is 18.2 Å². The van der Waals surface area contributed by atoms with Crippen molar-refractivity contribution in [1.82, 2.24) is 0 Å². The molecule has 2 aliphatic rings. The van der Waals surface area contributed by atoms with Crippen LogP contribution < -0.4 is 14.9 Å². The number of hydrogen-bond acceptors (Lipinski definition) is 4. The molecule has 1 aliphatic carbocycles. The summed E-state index contributed by atoms with van der Waals surface area (Å²) in [5.41, 5.74) is 2.90. The van der Waals surface area contributed by atoms with E-state index in [9.17, 15) is 18.0 Å². The van der Waals surface area contributed by atoms with Crippen molar-refractivity contribution in [3.8, 4) is 0 Å².